The van der Waals surface area contributed by atoms with Crippen molar-refractivity contribution in [3.63, 3.8) is 0 Å². The molecule has 0 aromatic rings. The van der Waals surface area contributed by atoms with E-state index >= 15 is 0 Å². The van der Waals surface area contributed by atoms with Crippen molar-refractivity contribution in [1.29, 1.82) is 0 Å². The smallest absolute Gasteiger partial charge is 0.166 e. The summed E-state index contributed by atoms with van der Waals surface area (Å²) in [5, 5.41) is 7.27. The Morgan fingerprint density at radius 2 is 2.00 bits per heavy atom. The number of nitrogens with one attached hydrogen (secondary N) is 2. The van der Waals surface area contributed by atoms with Crippen LogP contribution in [-0.4, -0.2) is 17.7 Å². The summed E-state index contributed by atoms with van der Waals surface area (Å²) in [5.41, 5.74) is 0.301. The zero-order valence-corrected chi connectivity index (χ0v) is 8.92. The van der Waals surface area contributed by atoms with Crippen LogP contribution in [0.3, 0.4) is 0 Å². The van der Waals surface area contributed by atoms with Crippen LogP contribution in [0.25, 0.3) is 0 Å². The molecule has 70 valence electrons. The lowest BCUT2D eigenvalue weighted by Crippen LogP contribution is -2.40. The van der Waals surface area contributed by atoms with Crippen LogP contribution in [0, 0.1) is 5.41 Å². The van der Waals surface area contributed by atoms with Crippen molar-refractivity contribution in [2.75, 3.05) is 6.54 Å². The molecule has 0 spiro atoms. The second kappa shape index (κ2) is 3.60. The van der Waals surface area contributed by atoms with Crippen molar-refractivity contribution in [3.05, 3.63) is 0 Å². The molecule has 3 heteroatoms. The largest absolute Gasteiger partial charge is 0.362 e. The summed E-state index contributed by atoms with van der Waals surface area (Å²) in [5.74, 6) is 0. The highest BCUT2D eigenvalue weighted by Gasteiger charge is 2.22. The van der Waals surface area contributed by atoms with E-state index in [0.29, 0.717) is 11.5 Å². The van der Waals surface area contributed by atoms with E-state index in [1.165, 1.54) is 12.8 Å². The van der Waals surface area contributed by atoms with Crippen LogP contribution < -0.4 is 10.6 Å². The van der Waals surface area contributed by atoms with Gasteiger partial charge in [0.25, 0.3) is 0 Å². The summed E-state index contributed by atoms with van der Waals surface area (Å²) in [6.07, 6.45) is 2.55. The number of hydrogen-bond acceptors (Lipinski definition) is 1. The van der Waals surface area contributed by atoms with Gasteiger partial charge in [-0.3, -0.25) is 0 Å². The van der Waals surface area contributed by atoms with Crippen LogP contribution in [0.15, 0.2) is 0 Å². The first-order chi connectivity index (χ1) is 5.47. The summed E-state index contributed by atoms with van der Waals surface area (Å²) < 4.78 is 0. The molecule has 0 heterocycles. The van der Waals surface area contributed by atoms with Gasteiger partial charge in [0.05, 0.1) is 0 Å². The first-order valence-electron chi connectivity index (χ1n) is 4.52. The van der Waals surface area contributed by atoms with E-state index in [9.17, 15) is 0 Å². The quantitative estimate of drug-likeness (QED) is 0.641. The summed E-state index contributed by atoms with van der Waals surface area (Å²) in [4.78, 5) is 0. The van der Waals surface area contributed by atoms with Gasteiger partial charge in [-0.2, -0.15) is 0 Å². The van der Waals surface area contributed by atoms with Gasteiger partial charge >= 0.3 is 0 Å². The third-order valence-electron chi connectivity index (χ3n) is 1.69. The lowest BCUT2D eigenvalue weighted by molar-refractivity contribution is 0.408. The lowest BCUT2D eigenvalue weighted by Gasteiger charge is -2.20. The molecule has 0 radical (unpaired) electrons. The van der Waals surface area contributed by atoms with Crippen molar-refractivity contribution in [1.82, 2.24) is 10.6 Å². The summed E-state index contributed by atoms with van der Waals surface area (Å²) in [6, 6.07) is 0.657. The Balaban J connectivity index is 2.09. The van der Waals surface area contributed by atoms with Gasteiger partial charge < -0.3 is 10.6 Å². The first-order valence-corrected chi connectivity index (χ1v) is 4.92. The molecule has 0 bridgehead atoms. The molecule has 0 unspecified atom stereocenters. The van der Waals surface area contributed by atoms with E-state index in [-0.39, 0.29) is 0 Å². The summed E-state index contributed by atoms with van der Waals surface area (Å²) in [7, 11) is 0. The predicted molar refractivity (Wildman–Crippen MR) is 56.2 cm³/mol. The average Bonchev–Trinajstić information content (AvgIpc) is 2.66. The molecule has 1 aliphatic carbocycles. The van der Waals surface area contributed by atoms with Crippen LogP contribution in [0.4, 0.5) is 0 Å². The lowest BCUT2D eigenvalue weighted by atomic mass is 9.97. The molecule has 1 fully saturated rings. The second-order valence-electron chi connectivity index (χ2n) is 4.66. The Morgan fingerprint density at radius 3 is 2.42 bits per heavy atom. The minimum Gasteiger partial charge on any atom is -0.362 e. The van der Waals surface area contributed by atoms with Gasteiger partial charge in [-0.05, 0) is 30.5 Å². The highest BCUT2D eigenvalue weighted by atomic mass is 32.1. The Kier molecular flexibility index (Phi) is 2.94. The maximum Gasteiger partial charge on any atom is 0.166 e. The van der Waals surface area contributed by atoms with E-state index in [1.54, 1.807) is 0 Å². The topological polar surface area (TPSA) is 24.1 Å². The average molecular weight is 186 g/mol. The Hall–Kier alpha value is -0.310. The van der Waals surface area contributed by atoms with Gasteiger partial charge in [0.2, 0.25) is 0 Å². The van der Waals surface area contributed by atoms with E-state index in [1.807, 2.05) is 0 Å². The highest BCUT2D eigenvalue weighted by molar-refractivity contribution is 7.80. The van der Waals surface area contributed by atoms with Gasteiger partial charge in [-0.15, -0.1) is 0 Å². The molecular formula is C9H18N2S. The molecular weight excluding hydrogens is 168 g/mol. The zero-order chi connectivity index (χ0) is 9.19. The normalized spacial score (nSPS) is 17.2. The fourth-order valence-electron chi connectivity index (χ4n) is 0.810. The van der Waals surface area contributed by atoms with E-state index < -0.39 is 0 Å². The minimum atomic E-state index is 0.301. The fraction of sp³-hybridized carbons (Fsp3) is 0.889. The second-order valence-corrected chi connectivity index (χ2v) is 5.07. The van der Waals surface area contributed by atoms with Crippen LogP contribution in [-0.2, 0) is 0 Å². The molecule has 1 saturated carbocycles. The first kappa shape index (κ1) is 9.78. The molecule has 12 heavy (non-hydrogen) atoms. The Morgan fingerprint density at radius 1 is 1.42 bits per heavy atom. The minimum absolute atomic E-state index is 0.301. The summed E-state index contributed by atoms with van der Waals surface area (Å²) in [6.45, 7) is 7.52. The zero-order valence-electron chi connectivity index (χ0n) is 8.11. The number of rotatable bonds is 2. The van der Waals surface area contributed by atoms with Gasteiger partial charge in [-0.1, -0.05) is 20.8 Å². The maximum absolute atomic E-state index is 5.12. The fourth-order valence-corrected chi connectivity index (χ4v) is 1.05. The molecule has 0 aromatic heterocycles. The molecule has 1 aliphatic rings. The van der Waals surface area contributed by atoms with Crippen molar-refractivity contribution in [2.24, 2.45) is 5.41 Å². The Labute approximate surface area is 80.1 Å². The molecule has 2 N–H and O–H groups in total. The van der Waals surface area contributed by atoms with Crippen molar-refractivity contribution in [2.45, 2.75) is 39.7 Å². The number of hydrogen-bond donors (Lipinski definition) is 2. The standard InChI is InChI=1S/C9H18N2S/c1-9(2,3)6-10-8(12)11-7-4-5-7/h7H,4-6H2,1-3H3,(H2,10,11,12). The molecule has 2 nitrogen and oxygen atoms in total. The number of thiocarbonyl (C=S) groups is 1. The molecule has 0 aliphatic heterocycles. The molecule has 1 rings (SSSR count). The van der Waals surface area contributed by atoms with Crippen molar-refractivity contribution >= 4 is 17.3 Å². The van der Waals surface area contributed by atoms with Gasteiger partial charge in [0, 0.05) is 12.6 Å². The summed E-state index contributed by atoms with van der Waals surface area (Å²) >= 11 is 5.12. The Bertz CT molecular complexity index is 168. The van der Waals surface area contributed by atoms with Gasteiger partial charge in [-0.25, -0.2) is 0 Å². The molecule has 0 atom stereocenters. The van der Waals surface area contributed by atoms with Crippen molar-refractivity contribution < 1.29 is 0 Å². The monoisotopic (exact) mass is 186 g/mol. The molecule has 0 aromatic carbocycles. The van der Waals surface area contributed by atoms with Crippen LogP contribution in [0.2, 0.25) is 0 Å². The van der Waals surface area contributed by atoms with Crippen LogP contribution in [0.1, 0.15) is 33.6 Å². The SMILES string of the molecule is CC(C)(C)CNC(=S)NC1CC1. The molecule has 0 saturated heterocycles. The van der Waals surface area contributed by atoms with Gasteiger partial charge in [0.15, 0.2) is 5.11 Å². The van der Waals surface area contributed by atoms with Crippen molar-refractivity contribution in [3.8, 4) is 0 Å². The van der Waals surface area contributed by atoms with E-state index in [2.05, 4.69) is 31.4 Å². The molecule has 0 amide bonds. The van der Waals surface area contributed by atoms with E-state index in [0.717, 1.165) is 11.7 Å². The van der Waals surface area contributed by atoms with Gasteiger partial charge in [0.1, 0.15) is 0 Å². The van der Waals surface area contributed by atoms with Crippen LogP contribution >= 0.6 is 12.2 Å². The highest BCUT2D eigenvalue weighted by Crippen LogP contribution is 2.18. The predicted octanol–water partition coefficient (Wildman–Crippen LogP) is 1.66. The third-order valence-corrected chi connectivity index (χ3v) is 1.95. The third kappa shape index (κ3) is 4.54. The maximum atomic E-state index is 5.12. The van der Waals surface area contributed by atoms with Crippen LogP contribution in [0.5, 0.6) is 0 Å². The van der Waals surface area contributed by atoms with E-state index in [4.69, 9.17) is 12.2 Å².